The summed E-state index contributed by atoms with van der Waals surface area (Å²) in [6.07, 6.45) is 5.02. The number of hydrogen-bond acceptors (Lipinski definition) is 4. The van der Waals surface area contributed by atoms with E-state index >= 15 is 0 Å². The van der Waals surface area contributed by atoms with Crippen LogP contribution in [0.3, 0.4) is 0 Å². The van der Waals surface area contributed by atoms with Crippen molar-refractivity contribution in [1.29, 1.82) is 0 Å². The van der Waals surface area contributed by atoms with Gasteiger partial charge in [0.1, 0.15) is 6.61 Å². The molecule has 0 atom stereocenters. The standard InChI is InChI=1S/C20H21NO3S/c1-3-24-21-20-13-10-16-6-4-5-7-18(16)19(20)14-15-8-11-17(12-9-15)25(2,22)23/h4-9,11-12,14H,3,10,13H2,1-2H3/b19-14-,21-20+. The van der Waals surface area contributed by atoms with Crippen LogP contribution in [0.2, 0.25) is 0 Å². The lowest BCUT2D eigenvalue weighted by Gasteiger charge is -2.20. The van der Waals surface area contributed by atoms with Crippen molar-refractivity contribution in [2.75, 3.05) is 12.9 Å². The van der Waals surface area contributed by atoms with Gasteiger partial charge in [-0.05, 0) is 54.7 Å². The van der Waals surface area contributed by atoms with Crippen molar-refractivity contribution in [2.45, 2.75) is 24.7 Å². The zero-order valence-corrected chi connectivity index (χ0v) is 15.2. The van der Waals surface area contributed by atoms with E-state index < -0.39 is 9.84 Å². The minimum absolute atomic E-state index is 0.321. The quantitative estimate of drug-likeness (QED) is 0.780. The highest BCUT2D eigenvalue weighted by Crippen LogP contribution is 2.31. The minimum atomic E-state index is -3.19. The van der Waals surface area contributed by atoms with Gasteiger partial charge in [0.25, 0.3) is 0 Å². The molecule has 0 heterocycles. The molecule has 0 spiro atoms. The number of oxime groups is 1. The molecule has 0 aromatic heterocycles. The van der Waals surface area contributed by atoms with E-state index in [9.17, 15) is 8.42 Å². The number of rotatable bonds is 4. The van der Waals surface area contributed by atoms with E-state index in [1.165, 1.54) is 11.8 Å². The van der Waals surface area contributed by atoms with Gasteiger partial charge in [-0.1, -0.05) is 41.6 Å². The van der Waals surface area contributed by atoms with E-state index in [-0.39, 0.29) is 0 Å². The molecule has 0 saturated carbocycles. The van der Waals surface area contributed by atoms with Crippen LogP contribution >= 0.6 is 0 Å². The Morgan fingerprint density at radius 3 is 2.48 bits per heavy atom. The fraction of sp³-hybridized carbons (Fsp3) is 0.250. The van der Waals surface area contributed by atoms with E-state index in [0.717, 1.165) is 35.3 Å². The van der Waals surface area contributed by atoms with Gasteiger partial charge in [0.15, 0.2) is 9.84 Å². The smallest absolute Gasteiger partial charge is 0.175 e. The third-order valence-electron chi connectivity index (χ3n) is 4.17. The molecule has 0 fully saturated rings. The first-order valence-corrected chi connectivity index (χ1v) is 10.2. The number of allylic oxidation sites excluding steroid dienone is 1. The highest BCUT2D eigenvalue weighted by molar-refractivity contribution is 7.90. The summed E-state index contributed by atoms with van der Waals surface area (Å²) in [5.41, 5.74) is 5.33. The second-order valence-corrected chi connectivity index (χ2v) is 8.03. The maximum absolute atomic E-state index is 11.6. The molecule has 2 aromatic rings. The lowest BCUT2D eigenvalue weighted by molar-refractivity contribution is 0.158. The van der Waals surface area contributed by atoms with Crippen molar-refractivity contribution in [3.63, 3.8) is 0 Å². The summed E-state index contributed by atoms with van der Waals surface area (Å²) >= 11 is 0. The van der Waals surface area contributed by atoms with Gasteiger partial charge in [0, 0.05) is 11.8 Å². The molecule has 2 aromatic carbocycles. The Bertz CT molecular complexity index is 926. The third kappa shape index (κ3) is 3.99. The molecule has 3 rings (SSSR count). The topological polar surface area (TPSA) is 55.7 Å². The molecule has 25 heavy (non-hydrogen) atoms. The summed E-state index contributed by atoms with van der Waals surface area (Å²) in [7, 11) is -3.19. The lowest BCUT2D eigenvalue weighted by Crippen LogP contribution is -2.13. The highest BCUT2D eigenvalue weighted by Gasteiger charge is 2.20. The summed E-state index contributed by atoms with van der Waals surface area (Å²) in [6, 6.07) is 15.2. The van der Waals surface area contributed by atoms with Crippen LogP contribution in [0.4, 0.5) is 0 Å². The van der Waals surface area contributed by atoms with Crippen molar-refractivity contribution in [3.05, 3.63) is 65.2 Å². The molecule has 1 aliphatic rings. The van der Waals surface area contributed by atoms with Gasteiger partial charge >= 0.3 is 0 Å². The maximum atomic E-state index is 11.6. The van der Waals surface area contributed by atoms with E-state index in [1.54, 1.807) is 12.1 Å². The van der Waals surface area contributed by atoms with E-state index in [4.69, 9.17) is 4.84 Å². The van der Waals surface area contributed by atoms with Crippen molar-refractivity contribution >= 4 is 27.2 Å². The Morgan fingerprint density at radius 1 is 1.08 bits per heavy atom. The van der Waals surface area contributed by atoms with Gasteiger partial charge in [-0.25, -0.2) is 8.42 Å². The summed E-state index contributed by atoms with van der Waals surface area (Å²) in [5.74, 6) is 0. The molecule has 4 nitrogen and oxygen atoms in total. The normalized spacial score (nSPS) is 17.5. The van der Waals surface area contributed by atoms with Gasteiger partial charge in [-0.15, -0.1) is 0 Å². The van der Waals surface area contributed by atoms with Crippen LogP contribution in [0.25, 0.3) is 11.6 Å². The summed E-state index contributed by atoms with van der Waals surface area (Å²) < 4.78 is 23.2. The van der Waals surface area contributed by atoms with Crippen molar-refractivity contribution in [3.8, 4) is 0 Å². The molecule has 0 saturated heterocycles. The number of fused-ring (bicyclic) bond motifs is 1. The Labute approximate surface area is 148 Å². The first-order valence-electron chi connectivity index (χ1n) is 8.28. The number of sulfone groups is 1. The average Bonchev–Trinajstić information content (AvgIpc) is 2.61. The second-order valence-electron chi connectivity index (χ2n) is 6.01. The first kappa shape index (κ1) is 17.4. The van der Waals surface area contributed by atoms with Crippen molar-refractivity contribution in [1.82, 2.24) is 0 Å². The molecule has 130 valence electrons. The van der Waals surface area contributed by atoms with E-state index in [0.29, 0.717) is 11.5 Å². The van der Waals surface area contributed by atoms with Crippen LogP contribution in [0.1, 0.15) is 30.0 Å². The molecule has 0 amide bonds. The van der Waals surface area contributed by atoms with Gasteiger partial charge in [0.2, 0.25) is 0 Å². The fourth-order valence-corrected chi connectivity index (χ4v) is 3.55. The predicted molar refractivity (Wildman–Crippen MR) is 101 cm³/mol. The van der Waals surface area contributed by atoms with Gasteiger partial charge in [-0.3, -0.25) is 0 Å². The first-order chi connectivity index (χ1) is 12.0. The van der Waals surface area contributed by atoms with E-state index in [1.807, 2.05) is 37.3 Å². The average molecular weight is 355 g/mol. The molecular weight excluding hydrogens is 334 g/mol. The molecule has 5 heteroatoms. The van der Waals surface area contributed by atoms with Gasteiger partial charge in [0.05, 0.1) is 10.6 Å². The lowest BCUT2D eigenvalue weighted by atomic mass is 9.85. The summed E-state index contributed by atoms with van der Waals surface area (Å²) in [5, 5.41) is 4.29. The molecule has 0 N–H and O–H groups in total. The van der Waals surface area contributed by atoms with Crippen LogP contribution < -0.4 is 0 Å². The highest BCUT2D eigenvalue weighted by atomic mass is 32.2. The Balaban J connectivity index is 2.05. The Kier molecular flexibility index (Phi) is 5.04. The number of aryl methyl sites for hydroxylation is 1. The fourth-order valence-electron chi connectivity index (χ4n) is 2.92. The molecular formula is C20H21NO3S. The van der Waals surface area contributed by atoms with Crippen LogP contribution in [-0.4, -0.2) is 27.0 Å². The number of hydrogen-bond donors (Lipinski definition) is 0. The Hall–Kier alpha value is -2.40. The Morgan fingerprint density at radius 2 is 1.80 bits per heavy atom. The molecule has 0 radical (unpaired) electrons. The monoisotopic (exact) mass is 355 g/mol. The molecule has 1 aliphatic carbocycles. The third-order valence-corrected chi connectivity index (χ3v) is 5.30. The SMILES string of the molecule is CCO/N=C1\CCc2ccccc2\C1=C\c1ccc(S(C)(=O)=O)cc1. The number of nitrogens with zero attached hydrogens (tertiary/aromatic N) is 1. The largest absolute Gasteiger partial charge is 0.396 e. The van der Waals surface area contributed by atoms with Crippen LogP contribution in [-0.2, 0) is 21.1 Å². The summed E-state index contributed by atoms with van der Waals surface area (Å²) in [6.45, 7) is 2.44. The van der Waals surface area contributed by atoms with Crippen LogP contribution in [0, 0.1) is 0 Å². The van der Waals surface area contributed by atoms with Gasteiger partial charge in [-0.2, -0.15) is 0 Å². The summed E-state index contributed by atoms with van der Waals surface area (Å²) in [4.78, 5) is 5.61. The zero-order chi connectivity index (χ0) is 17.9. The van der Waals surface area contributed by atoms with Crippen molar-refractivity contribution in [2.24, 2.45) is 5.16 Å². The maximum Gasteiger partial charge on any atom is 0.175 e. The molecule has 0 bridgehead atoms. The van der Waals surface area contributed by atoms with E-state index in [2.05, 4.69) is 17.3 Å². The van der Waals surface area contributed by atoms with Crippen LogP contribution in [0.15, 0.2) is 58.6 Å². The zero-order valence-electron chi connectivity index (χ0n) is 14.4. The molecule has 0 aliphatic heterocycles. The predicted octanol–water partition coefficient (Wildman–Crippen LogP) is 3.97. The van der Waals surface area contributed by atoms with Gasteiger partial charge < -0.3 is 4.84 Å². The molecule has 0 unspecified atom stereocenters. The second kappa shape index (κ2) is 7.23. The van der Waals surface area contributed by atoms with Crippen molar-refractivity contribution < 1.29 is 13.3 Å². The number of benzene rings is 2. The minimum Gasteiger partial charge on any atom is -0.396 e. The van der Waals surface area contributed by atoms with Crippen LogP contribution in [0.5, 0.6) is 0 Å².